The minimum Gasteiger partial charge on any atom is -0.271 e. The highest BCUT2D eigenvalue weighted by atomic mass is 79.9. The van der Waals surface area contributed by atoms with Crippen LogP contribution in [0.5, 0.6) is 0 Å². The first-order valence-electron chi connectivity index (χ1n) is 5.63. The molecule has 0 radical (unpaired) electrons. The van der Waals surface area contributed by atoms with Gasteiger partial charge in [0.2, 0.25) is 0 Å². The van der Waals surface area contributed by atoms with E-state index in [1.54, 1.807) is 13.1 Å². The van der Waals surface area contributed by atoms with Crippen LogP contribution in [0.4, 0.5) is 13.2 Å². The van der Waals surface area contributed by atoms with E-state index in [4.69, 9.17) is 5.84 Å². The lowest BCUT2D eigenvalue weighted by Gasteiger charge is -2.19. The van der Waals surface area contributed by atoms with E-state index in [9.17, 15) is 13.2 Å². The highest BCUT2D eigenvalue weighted by Gasteiger charge is 2.34. The quantitative estimate of drug-likeness (QED) is 0.582. The molecule has 0 saturated carbocycles. The lowest BCUT2D eigenvalue weighted by Crippen LogP contribution is -2.31. The van der Waals surface area contributed by atoms with Crippen LogP contribution in [-0.2, 0) is 13.2 Å². The van der Waals surface area contributed by atoms with Gasteiger partial charge >= 0.3 is 6.18 Å². The topological polar surface area (TPSA) is 68.8 Å². The summed E-state index contributed by atoms with van der Waals surface area (Å²) < 4.78 is 40.7. The number of aryl methyl sites for hydroxylation is 1. The Hall–Kier alpha value is -0.970. The van der Waals surface area contributed by atoms with Crippen LogP contribution in [0.3, 0.4) is 0 Å². The molecule has 0 amide bonds. The molecule has 0 saturated heterocycles. The Labute approximate surface area is 134 Å². The molecule has 0 aliphatic rings. The molecule has 1 heterocycles. The SMILES string of the molecule is Cn1nnc(Br)c1C(NN)c1ccc(Br)c(C(F)(F)F)c1. The van der Waals surface area contributed by atoms with E-state index in [2.05, 4.69) is 47.6 Å². The van der Waals surface area contributed by atoms with Crippen molar-refractivity contribution in [3.63, 3.8) is 0 Å². The van der Waals surface area contributed by atoms with E-state index in [-0.39, 0.29) is 4.47 Å². The monoisotopic (exact) mass is 427 g/mol. The maximum atomic E-state index is 13.0. The van der Waals surface area contributed by atoms with Gasteiger partial charge in [-0.3, -0.25) is 5.84 Å². The average Bonchev–Trinajstić information content (AvgIpc) is 2.72. The van der Waals surface area contributed by atoms with Crippen LogP contribution < -0.4 is 11.3 Å². The van der Waals surface area contributed by atoms with E-state index in [1.807, 2.05) is 0 Å². The molecule has 1 atom stereocenters. The number of aromatic nitrogens is 3. The van der Waals surface area contributed by atoms with Crippen LogP contribution in [-0.4, -0.2) is 15.0 Å². The van der Waals surface area contributed by atoms with Crippen molar-refractivity contribution < 1.29 is 13.2 Å². The minimum absolute atomic E-state index is 0.0308. The molecule has 2 rings (SSSR count). The van der Waals surface area contributed by atoms with E-state index >= 15 is 0 Å². The summed E-state index contributed by atoms with van der Waals surface area (Å²) in [6.45, 7) is 0. The highest BCUT2D eigenvalue weighted by molar-refractivity contribution is 9.10. The Bertz CT molecular complexity index is 636. The second kappa shape index (κ2) is 6.03. The number of nitrogens with one attached hydrogen (secondary N) is 1. The summed E-state index contributed by atoms with van der Waals surface area (Å²) in [5, 5.41) is 7.59. The molecule has 0 aliphatic heterocycles. The van der Waals surface area contributed by atoms with E-state index in [0.29, 0.717) is 15.9 Å². The Balaban J connectivity index is 2.54. The molecule has 1 unspecified atom stereocenters. The number of hydrogen-bond acceptors (Lipinski definition) is 4. The number of alkyl halides is 3. The van der Waals surface area contributed by atoms with Crippen LogP contribution in [0.25, 0.3) is 0 Å². The van der Waals surface area contributed by atoms with Gasteiger partial charge < -0.3 is 0 Å². The summed E-state index contributed by atoms with van der Waals surface area (Å²) in [5.41, 5.74) is 2.58. The first kappa shape index (κ1) is 16.4. The zero-order chi connectivity index (χ0) is 15.8. The summed E-state index contributed by atoms with van der Waals surface area (Å²) in [7, 11) is 1.63. The fourth-order valence-corrected chi connectivity index (χ4v) is 2.95. The van der Waals surface area contributed by atoms with Crippen molar-refractivity contribution in [2.45, 2.75) is 12.2 Å². The number of benzene rings is 1. The summed E-state index contributed by atoms with van der Waals surface area (Å²) in [6, 6.07) is 3.23. The smallest absolute Gasteiger partial charge is 0.271 e. The average molecular weight is 429 g/mol. The maximum absolute atomic E-state index is 13.0. The van der Waals surface area contributed by atoms with Crippen molar-refractivity contribution in [2.24, 2.45) is 12.9 Å². The highest BCUT2D eigenvalue weighted by Crippen LogP contribution is 2.37. The van der Waals surface area contributed by atoms with Gasteiger partial charge in [0.1, 0.15) is 0 Å². The number of hydrogen-bond donors (Lipinski definition) is 2. The molecule has 0 bridgehead atoms. The third kappa shape index (κ3) is 3.28. The zero-order valence-corrected chi connectivity index (χ0v) is 13.8. The van der Waals surface area contributed by atoms with Gasteiger partial charge in [-0.25, -0.2) is 10.1 Å². The van der Waals surface area contributed by atoms with Crippen LogP contribution in [0.2, 0.25) is 0 Å². The second-order valence-electron chi connectivity index (χ2n) is 4.23. The summed E-state index contributed by atoms with van der Waals surface area (Å²) in [6.07, 6.45) is -4.46. The predicted molar refractivity (Wildman–Crippen MR) is 77.0 cm³/mol. The Kier molecular flexibility index (Phi) is 4.71. The Morgan fingerprint density at radius 3 is 2.48 bits per heavy atom. The molecular weight excluding hydrogens is 419 g/mol. The third-order valence-corrected chi connectivity index (χ3v) is 4.15. The van der Waals surface area contributed by atoms with Crippen molar-refractivity contribution in [1.29, 1.82) is 0 Å². The fraction of sp³-hybridized carbons (Fsp3) is 0.273. The van der Waals surface area contributed by atoms with E-state index < -0.39 is 17.8 Å². The summed E-state index contributed by atoms with van der Waals surface area (Å²) >= 11 is 6.11. The number of rotatable bonds is 3. The molecule has 21 heavy (non-hydrogen) atoms. The Morgan fingerprint density at radius 1 is 1.33 bits per heavy atom. The standard InChI is InChI=1S/C11H10Br2F3N5/c1-21-9(10(13)19-20-21)8(18-17)5-2-3-7(12)6(4-5)11(14,15)16/h2-4,8,18H,17H2,1H3. The van der Waals surface area contributed by atoms with Gasteiger partial charge in [-0.15, -0.1) is 5.10 Å². The van der Waals surface area contributed by atoms with Crippen LogP contribution in [0, 0.1) is 0 Å². The molecular formula is C11H10Br2F3N5. The van der Waals surface area contributed by atoms with Crippen molar-refractivity contribution in [2.75, 3.05) is 0 Å². The summed E-state index contributed by atoms with van der Waals surface area (Å²) in [4.78, 5) is 0. The largest absolute Gasteiger partial charge is 0.417 e. The number of nitrogens with two attached hydrogens (primary N) is 1. The minimum atomic E-state index is -4.46. The molecule has 0 spiro atoms. The van der Waals surface area contributed by atoms with Gasteiger partial charge in [0.25, 0.3) is 0 Å². The van der Waals surface area contributed by atoms with Gasteiger partial charge in [0.05, 0.1) is 17.3 Å². The van der Waals surface area contributed by atoms with E-state index in [1.165, 1.54) is 10.7 Å². The zero-order valence-electron chi connectivity index (χ0n) is 10.6. The summed E-state index contributed by atoms with van der Waals surface area (Å²) in [5.74, 6) is 5.50. The molecule has 114 valence electrons. The molecule has 3 N–H and O–H groups in total. The van der Waals surface area contributed by atoms with Crippen LogP contribution >= 0.6 is 31.9 Å². The van der Waals surface area contributed by atoms with Gasteiger partial charge in [-0.2, -0.15) is 13.2 Å². The molecule has 0 aliphatic carbocycles. The van der Waals surface area contributed by atoms with Gasteiger partial charge in [-0.1, -0.05) is 27.2 Å². The maximum Gasteiger partial charge on any atom is 0.417 e. The van der Waals surface area contributed by atoms with Crippen LogP contribution in [0.1, 0.15) is 22.9 Å². The normalized spacial score (nSPS) is 13.5. The second-order valence-corrected chi connectivity index (χ2v) is 5.83. The third-order valence-electron chi connectivity index (χ3n) is 2.90. The molecule has 2 aromatic rings. The molecule has 5 nitrogen and oxygen atoms in total. The Morgan fingerprint density at radius 2 is 2.00 bits per heavy atom. The van der Waals surface area contributed by atoms with Gasteiger partial charge in [0.15, 0.2) is 4.60 Å². The van der Waals surface area contributed by atoms with E-state index in [0.717, 1.165) is 6.07 Å². The van der Waals surface area contributed by atoms with Crippen LogP contribution in [0.15, 0.2) is 27.3 Å². The lowest BCUT2D eigenvalue weighted by molar-refractivity contribution is -0.138. The van der Waals surface area contributed by atoms with Crippen molar-refractivity contribution >= 4 is 31.9 Å². The number of hydrazine groups is 1. The molecule has 1 aromatic heterocycles. The molecule has 10 heteroatoms. The predicted octanol–water partition coefficient (Wildman–Crippen LogP) is 2.91. The van der Waals surface area contributed by atoms with Crippen molar-refractivity contribution in [1.82, 2.24) is 20.4 Å². The first-order chi connectivity index (χ1) is 9.75. The van der Waals surface area contributed by atoms with Crippen molar-refractivity contribution in [3.8, 4) is 0 Å². The number of halogens is 5. The van der Waals surface area contributed by atoms with Crippen molar-refractivity contribution in [3.05, 3.63) is 44.1 Å². The van der Waals surface area contributed by atoms with Gasteiger partial charge in [-0.05, 0) is 33.6 Å². The number of nitrogens with zero attached hydrogens (tertiary/aromatic N) is 3. The lowest BCUT2D eigenvalue weighted by atomic mass is 10.0. The first-order valence-corrected chi connectivity index (χ1v) is 7.22. The fourth-order valence-electron chi connectivity index (χ4n) is 1.92. The van der Waals surface area contributed by atoms with Gasteiger partial charge in [0, 0.05) is 11.5 Å². The molecule has 1 aromatic carbocycles. The molecule has 0 fully saturated rings.